The fraction of sp³-hybridized carbons (Fsp3) is 0.440. The average Bonchev–Trinajstić information content (AvgIpc) is 2.75. The molecule has 2 aromatic carbocycles. The van der Waals surface area contributed by atoms with E-state index in [2.05, 4.69) is 19.2 Å². The van der Waals surface area contributed by atoms with E-state index in [0.717, 1.165) is 5.56 Å². The maximum absolute atomic E-state index is 13.1. The van der Waals surface area contributed by atoms with Gasteiger partial charge in [0.2, 0.25) is 5.91 Å². The third-order valence-electron chi connectivity index (χ3n) is 5.06. The highest BCUT2D eigenvalue weighted by Crippen LogP contribution is 2.20. The second kappa shape index (κ2) is 11.8. The maximum Gasteiger partial charge on any atom is 0.261 e. The molecule has 168 valence electrons. The second-order valence-electron chi connectivity index (χ2n) is 8.44. The Morgan fingerprint density at radius 2 is 1.65 bits per heavy atom. The molecule has 6 heteroatoms. The summed E-state index contributed by atoms with van der Waals surface area (Å²) >= 11 is 6.30. The van der Waals surface area contributed by atoms with Crippen molar-refractivity contribution in [2.24, 2.45) is 5.92 Å². The molecule has 0 heterocycles. The largest absolute Gasteiger partial charge is 0.484 e. The van der Waals surface area contributed by atoms with Crippen LogP contribution >= 0.6 is 11.6 Å². The molecule has 31 heavy (non-hydrogen) atoms. The number of rotatable bonds is 10. The van der Waals surface area contributed by atoms with Gasteiger partial charge in [-0.15, -0.1) is 0 Å². The minimum absolute atomic E-state index is 0.159. The Morgan fingerprint density at radius 3 is 2.23 bits per heavy atom. The molecule has 0 aromatic heterocycles. The Labute approximate surface area is 190 Å². The number of hydrogen-bond donors (Lipinski definition) is 1. The molecule has 2 aromatic rings. The van der Waals surface area contributed by atoms with E-state index in [1.54, 1.807) is 13.0 Å². The highest BCUT2D eigenvalue weighted by molar-refractivity contribution is 6.31. The first kappa shape index (κ1) is 24.7. The van der Waals surface area contributed by atoms with Crippen molar-refractivity contribution in [3.8, 4) is 5.75 Å². The van der Waals surface area contributed by atoms with Crippen molar-refractivity contribution in [1.82, 2.24) is 10.2 Å². The van der Waals surface area contributed by atoms with Gasteiger partial charge in [-0.25, -0.2) is 0 Å². The van der Waals surface area contributed by atoms with Crippen LogP contribution in [-0.2, 0) is 16.1 Å². The number of carbonyl (C=O) groups excluding carboxylic acids is 2. The Bertz CT molecular complexity index is 865. The summed E-state index contributed by atoms with van der Waals surface area (Å²) in [4.78, 5) is 27.2. The number of amides is 2. The van der Waals surface area contributed by atoms with Crippen molar-refractivity contribution < 1.29 is 14.3 Å². The summed E-state index contributed by atoms with van der Waals surface area (Å²) < 4.78 is 5.72. The molecule has 1 atom stereocenters. The fourth-order valence-corrected chi connectivity index (χ4v) is 3.22. The lowest BCUT2D eigenvalue weighted by molar-refractivity contribution is -0.142. The zero-order chi connectivity index (χ0) is 23.0. The molecule has 0 aliphatic rings. The summed E-state index contributed by atoms with van der Waals surface area (Å²) in [7, 11) is 0. The van der Waals surface area contributed by atoms with Crippen molar-refractivity contribution in [2.45, 2.75) is 53.1 Å². The predicted molar refractivity (Wildman–Crippen MR) is 125 cm³/mol. The third-order valence-corrected chi connectivity index (χ3v) is 5.43. The number of benzene rings is 2. The van der Waals surface area contributed by atoms with E-state index in [4.69, 9.17) is 16.3 Å². The van der Waals surface area contributed by atoms with Crippen LogP contribution in [0.2, 0.25) is 5.02 Å². The lowest BCUT2D eigenvalue weighted by Gasteiger charge is -2.29. The lowest BCUT2D eigenvalue weighted by Crippen LogP contribution is -2.49. The van der Waals surface area contributed by atoms with Gasteiger partial charge in [-0.05, 0) is 48.1 Å². The van der Waals surface area contributed by atoms with Crippen LogP contribution in [0, 0.1) is 5.92 Å². The number of carbonyl (C=O) groups is 2. The van der Waals surface area contributed by atoms with Gasteiger partial charge in [0.05, 0.1) is 0 Å². The van der Waals surface area contributed by atoms with Gasteiger partial charge in [0.15, 0.2) is 6.61 Å². The van der Waals surface area contributed by atoms with Gasteiger partial charge in [0, 0.05) is 18.1 Å². The molecule has 5 nitrogen and oxygen atoms in total. The predicted octanol–water partition coefficient (Wildman–Crippen LogP) is 5.03. The number of ether oxygens (including phenoxy) is 1. The molecule has 0 fully saturated rings. The van der Waals surface area contributed by atoms with Crippen molar-refractivity contribution in [3.63, 3.8) is 0 Å². The minimum atomic E-state index is -0.658. The standard InChI is InChI=1S/C25H33ClN2O3/c1-17(2)14-27-25(30)19(5)28(15-21-8-6-7-9-23(21)26)24(29)16-31-22-12-10-20(11-13-22)18(3)4/h6-13,17-19H,14-16H2,1-5H3,(H,27,30)/t19-/m0/s1. The van der Waals surface area contributed by atoms with Crippen molar-refractivity contribution in [2.75, 3.05) is 13.2 Å². The van der Waals surface area contributed by atoms with Gasteiger partial charge in [0.25, 0.3) is 5.91 Å². The summed E-state index contributed by atoms with van der Waals surface area (Å²) in [6, 6.07) is 14.4. The first-order chi connectivity index (χ1) is 14.7. The molecule has 0 aliphatic heterocycles. The Kier molecular flexibility index (Phi) is 9.38. The van der Waals surface area contributed by atoms with E-state index in [1.807, 2.05) is 56.3 Å². The van der Waals surface area contributed by atoms with E-state index in [1.165, 1.54) is 10.5 Å². The van der Waals surface area contributed by atoms with Gasteiger partial charge < -0.3 is 15.0 Å². The van der Waals surface area contributed by atoms with Crippen LogP contribution in [0.25, 0.3) is 0 Å². The number of nitrogens with zero attached hydrogens (tertiary/aromatic N) is 1. The van der Waals surface area contributed by atoms with Gasteiger partial charge in [0.1, 0.15) is 11.8 Å². The summed E-state index contributed by atoms with van der Waals surface area (Å²) in [6.07, 6.45) is 0. The molecular formula is C25H33ClN2O3. The number of nitrogens with one attached hydrogen (secondary N) is 1. The topological polar surface area (TPSA) is 58.6 Å². The van der Waals surface area contributed by atoms with Gasteiger partial charge in [-0.2, -0.15) is 0 Å². The van der Waals surface area contributed by atoms with Crippen molar-refractivity contribution >= 4 is 23.4 Å². The quantitative estimate of drug-likeness (QED) is 0.559. The van der Waals surface area contributed by atoms with Gasteiger partial charge in [-0.3, -0.25) is 9.59 Å². The summed E-state index contributed by atoms with van der Waals surface area (Å²) in [5.74, 6) is 0.885. The smallest absolute Gasteiger partial charge is 0.261 e. The Morgan fingerprint density at radius 1 is 1.00 bits per heavy atom. The van der Waals surface area contributed by atoms with Crippen LogP contribution in [0.1, 0.15) is 51.7 Å². The fourth-order valence-electron chi connectivity index (χ4n) is 3.02. The molecule has 0 aliphatic carbocycles. The van der Waals surface area contributed by atoms with Gasteiger partial charge in [-0.1, -0.05) is 69.6 Å². The summed E-state index contributed by atoms with van der Waals surface area (Å²) in [5.41, 5.74) is 1.98. The van der Waals surface area contributed by atoms with Crippen LogP contribution in [0.5, 0.6) is 5.75 Å². The molecule has 2 rings (SSSR count). The molecular weight excluding hydrogens is 412 g/mol. The lowest BCUT2D eigenvalue weighted by atomic mass is 10.0. The van der Waals surface area contributed by atoms with E-state index in [9.17, 15) is 9.59 Å². The first-order valence-electron chi connectivity index (χ1n) is 10.7. The molecule has 0 unspecified atom stereocenters. The van der Waals surface area contributed by atoms with Crippen molar-refractivity contribution in [1.29, 1.82) is 0 Å². The highest BCUT2D eigenvalue weighted by Gasteiger charge is 2.27. The first-order valence-corrected chi connectivity index (χ1v) is 11.1. The van der Waals surface area contributed by atoms with E-state index >= 15 is 0 Å². The minimum Gasteiger partial charge on any atom is -0.484 e. The van der Waals surface area contributed by atoms with Crippen molar-refractivity contribution in [3.05, 3.63) is 64.7 Å². The van der Waals surface area contributed by atoms with Crippen LogP contribution in [0.15, 0.2) is 48.5 Å². The monoisotopic (exact) mass is 444 g/mol. The Hall–Kier alpha value is -2.53. The van der Waals surface area contributed by atoms with E-state index in [-0.39, 0.29) is 25.0 Å². The average molecular weight is 445 g/mol. The van der Waals surface area contributed by atoms with E-state index < -0.39 is 6.04 Å². The van der Waals surface area contributed by atoms with Crippen LogP contribution < -0.4 is 10.1 Å². The third kappa shape index (κ3) is 7.59. The number of hydrogen-bond acceptors (Lipinski definition) is 3. The molecule has 0 saturated heterocycles. The maximum atomic E-state index is 13.1. The molecule has 1 N–H and O–H groups in total. The highest BCUT2D eigenvalue weighted by atomic mass is 35.5. The summed E-state index contributed by atoms with van der Waals surface area (Å²) in [6.45, 7) is 10.6. The molecule has 0 spiro atoms. The molecule has 2 amide bonds. The van der Waals surface area contributed by atoms with E-state index in [0.29, 0.717) is 29.2 Å². The van der Waals surface area contributed by atoms with Crippen LogP contribution in [0.3, 0.4) is 0 Å². The SMILES string of the molecule is CC(C)CNC(=O)[C@H](C)N(Cc1ccccc1Cl)C(=O)COc1ccc(C(C)C)cc1. The molecule has 0 saturated carbocycles. The zero-order valence-corrected chi connectivity index (χ0v) is 19.8. The number of halogens is 1. The molecule has 0 radical (unpaired) electrons. The second-order valence-corrected chi connectivity index (χ2v) is 8.85. The summed E-state index contributed by atoms with van der Waals surface area (Å²) in [5, 5.41) is 3.46. The normalized spacial score (nSPS) is 12.0. The Balaban J connectivity index is 2.12. The van der Waals surface area contributed by atoms with Crippen LogP contribution in [0.4, 0.5) is 0 Å². The van der Waals surface area contributed by atoms with Crippen LogP contribution in [-0.4, -0.2) is 35.9 Å². The van der Waals surface area contributed by atoms with Gasteiger partial charge >= 0.3 is 0 Å². The zero-order valence-electron chi connectivity index (χ0n) is 19.0. The molecule has 0 bridgehead atoms.